The summed E-state index contributed by atoms with van der Waals surface area (Å²) in [6.45, 7) is 5.91. The fraction of sp³-hybridized carbons (Fsp3) is 0.412. The molecule has 1 aromatic heterocycles. The quantitative estimate of drug-likeness (QED) is 0.553. The molecule has 2 rings (SSSR count). The zero-order valence-electron chi connectivity index (χ0n) is 15.5. The number of nitrogens with zero attached hydrogens (tertiary/aromatic N) is 3. The van der Waals surface area contributed by atoms with Crippen molar-refractivity contribution in [1.82, 2.24) is 19.9 Å². The Balaban J connectivity index is 2.08. The number of nitrogens with one attached hydrogen (secondary N) is 2. The van der Waals surface area contributed by atoms with Crippen molar-refractivity contribution in [2.24, 2.45) is 4.99 Å². The summed E-state index contributed by atoms with van der Waals surface area (Å²) in [6.07, 6.45) is 0. The van der Waals surface area contributed by atoms with Crippen molar-refractivity contribution in [2.75, 3.05) is 20.6 Å². The highest BCUT2D eigenvalue weighted by atomic mass is 32.2. The molecule has 0 amide bonds. The van der Waals surface area contributed by atoms with Gasteiger partial charge in [-0.15, -0.1) is 11.3 Å². The summed E-state index contributed by atoms with van der Waals surface area (Å²) >= 11 is 1.63. The number of hydrogen-bond acceptors (Lipinski definition) is 5. The van der Waals surface area contributed by atoms with E-state index < -0.39 is 10.0 Å². The lowest BCUT2D eigenvalue weighted by atomic mass is 10.2. The molecular formula is C17H25N5O2S2. The Labute approximate surface area is 159 Å². The number of aromatic nitrogens is 1. The normalized spacial score (nSPS) is 12.2. The standard InChI is InChI=1S/C17H25N5O2S2/c1-5-19-17(22(4)11-15-12-25-13(2)21-15)20-10-14-6-8-16(9-7-14)26(23,24)18-3/h6-9,12,18H,5,10-11H2,1-4H3,(H,19,20). The summed E-state index contributed by atoms with van der Waals surface area (Å²) in [6, 6.07) is 6.74. The third-order valence-corrected chi connectivity index (χ3v) is 5.93. The molecular weight excluding hydrogens is 370 g/mol. The second-order valence-corrected chi connectivity index (χ2v) is 8.68. The predicted molar refractivity (Wildman–Crippen MR) is 106 cm³/mol. The Bertz CT molecular complexity index is 844. The Kier molecular flexibility index (Phi) is 7.13. The van der Waals surface area contributed by atoms with Gasteiger partial charge in [0.05, 0.1) is 28.7 Å². The molecule has 2 N–H and O–H groups in total. The molecule has 2 aromatic rings. The van der Waals surface area contributed by atoms with Crippen LogP contribution in [-0.4, -0.2) is 44.9 Å². The fourth-order valence-corrected chi connectivity index (χ4v) is 3.66. The highest BCUT2D eigenvalue weighted by molar-refractivity contribution is 7.89. The van der Waals surface area contributed by atoms with E-state index in [2.05, 4.69) is 25.4 Å². The van der Waals surface area contributed by atoms with Crippen LogP contribution in [0.3, 0.4) is 0 Å². The van der Waals surface area contributed by atoms with Gasteiger partial charge in [-0.3, -0.25) is 0 Å². The van der Waals surface area contributed by atoms with Crippen LogP contribution < -0.4 is 10.0 Å². The average Bonchev–Trinajstić information content (AvgIpc) is 3.03. The van der Waals surface area contributed by atoms with E-state index in [0.29, 0.717) is 13.1 Å². The van der Waals surface area contributed by atoms with E-state index in [1.54, 1.807) is 35.6 Å². The van der Waals surface area contributed by atoms with Gasteiger partial charge in [0.2, 0.25) is 10.0 Å². The van der Waals surface area contributed by atoms with Gasteiger partial charge < -0.3 is 10.2 Å². The van der Waals surface area contributed by atoms with Crippen molar-refractivity contribution >= 4 is 27.3 Å². The molecule has 0 saturated heterocycles. The summed E-state index contributed by atoms with van der Waals surface area (Å²) in [5, 5.41) is 6.37. The van der Waals surface area contributed by atoms with E-state index in [0.717, 1.165) is 28.8 Å². The van der Waals surface area contributed by atoms with Crippen LogP contribution in [0.25, 0.3) is 0 Å². The molecule has 1 heterocycles. The maximum atomic E-state index is 11.8. The summed E-state index contributed by atoms with van der Waals surface area (Å²) in [7, 11) is -0.0435. The van der Waals surface area contributed by atoms with Gasteiger partial charge in [-0.25, -0.2) is 23.1 Å². The monoisotopic (exact) mass is 395 g/mol. The second kappa shape index (κ2) is 9.11. The van der Waals surface area contributed by atoms with Gasteiger partial charge in [0, 0.05) is 19.0 Å². The van der Waals surface area contributed by atoms with Gasteiger partial charge in [-0.05, 0) is 38.6 Å². The first kappa shape index (κ1) is 20.3. The number of guanidine groups is 1. The van der Waals surface area contributed by atoms with Gasteiger partial charge in [0.1, 0.15) is 0 Å². The third-order valence-electron chi connectivity index (χ3n) is 3.68. The Hall–Kier alpha value is -1.97. The Morgan fingerprint density at radius 3 is 2.54 bits per heavy atom. The van der Waals surface area contributed by atoms with Crippen LogP contribution in [0.1, 0.15) is 23.2 Å². The largest absolute Gasteiger partial charge is 0.357 e. The van der Waals surface area contributed by atoms with Crippen molar-refractivity contribution in [3.05, 3.63) is 45.9 Å². The molecule has 26 heavy (non-hydrogen) atoms. The van der Waals surface area contributed by atoms with Crippen LogP contribution in [0, 0.1) is 6.92 Å². The summed E-state index contributed by atoms with van der Waals surface area (Å²) in [5.74, 6) is 0.782. The summed E-state index contributed by atoms with van der Waals surface area (Å²) < 4.78 is 25.8. The molecule has 0 saturated carbocycles. The van der Waals surface area contributed by atoms with Crippen LogP contribution in [-0.2, 0) is 23.1 Å². The molecule has 0 unspecified atom stereocenters. The second-order valence-electron chi connectivity index (χ2n) is 5.74. The lowest BCUT2D eigenvalue weighted by molar-refractivity contribution is 0.471. The summed E-state index contributed by atoms with van der Waals surface area (Å²) in [4.78, 5) is 11.4. The van der Waals surface area contributed by atoms with Crippen LogP contribution in [0.2, 0.25) is 0 Å². The van der Waals surface area contributed by atoms with E-state index in [1.165, 1.54) is 7.05 Å². The van der Waals surface area contributed by atoms with E-state index in [4.69, 9.17) is 0 Å². The van der Waals surface area contributed by atoms with Crippen molar-refractivity contribution in [3.8, 4) is 0 Å². The number of rotatable bonds is 7. The third kappa shape index (κ3) is 5.52. The first-order chi connectivity index (χ1) is 12.4. The lowest BCUT2D eigenvalue weighted by Gasteiger charge is -2.21. The molecule has 0 spiro atoms. The molecule has 0 fully saturated rings. The maximum Gasteiger partial charge on any atom is 0.240 e. The van der Waals surface area contributed by atoms with Gasteiger partial charge in [-0.2, -0.15) is 0 Å². The van der Waals surface area contributed by atoms with Crippen molar-refractivity contribution < 1.29 is 8.42 Å². The van der Waals surface area contributed by atoms with Gasteiger partial charge in [0.15, 0.2) is 5.96 Å². The molecule has 9 heteroatoms. The minimum Gasteiger partial charge on any atom is -0.357 e. The van der Waals surface area contributed by atoms with Crippen molar-refractivity contribution in [3.63, 3.8) is 0 Å². The minimum atomic E-state index is -3.41. The average molecular weight is 396 g/mol. The van der Waals surface area contributed by atoms with Crippen molar-refractivity contribution in [2.45, 2.75) is 31.8 Å². The first-order valence-electron chi connectivity index (χ1n) is 8.28. The van der Waals surface area contributed by atoms with Gasteiger partial charge >= 0.3 is 0 Å². The minimum absolute atomic E-state index is 0.246. The molecule has 0 aliphatic carbocycles. The molecule has 0 radical (unpaired) electrons. The number of thiazole rings is 1. The molecule has 0 bridgehead atoms. The van der Waals surface area contributed by atoms with Crippen LogP contribution in [0.5, 0.6) is 0 Å². The van der Waals surface area contributed by atoms with Crippen LogP contribution >= 0.6 is 11.3 Å². The molecule has 0 aliphatic heterocycles. The number of sulfonamides is 1. The fourth-order valence-electron chi connectivity index (χ4n) is 2.33. The number of benzene rings is 1. The SMILES string of the molecule is CCNC(=NCc1ccc(S(=O)(=O)NC)cc1)N(C)Cc1csc(C)n1. The maximum absolute atomic E-state index is 11.8. The molecule has 0 aliphatic rings. The number of aryl methyl sites for hydroxylation is 1. The molecule has 7 nitrogen and oxygen atoms in total. The molecule has 142 valence electrons. The highest BCUT2D eigenvalue weighted by Gasteiger charge is 2.11. The van der Waals surface area contributed by atoms with E-state index >= 15 is 0 Å². The van der Waals surface area contributed by atoms with E-state index in [-0.39, 0.29) is 4.90 Å². The lowest BCUT2D eigenvalue weighted by Crippen LogP contribution is -2.38. The van der Waals surface area contributed by atoms with E-state index in [9.17, 15) is 8.42 Å². The highest BCUT2D eigenvalue weighted by Crippen LogP contribution is 2.12. The van der Waals surface area contributed by atoms with Crippen LogP contribution in [0.15, 0.2) is 39.5 Å². The Morgan fingerprint density at radius 2 is 2.00 bits per heavy atom. The van der Waals surface area contributed by atoms with Crippen molar-refractivity contribution in [1.29, 1.82) is 0 Å². The topological polar surface area (TPSA) is 86.7 Å². The van der Waals surface area contributed by atoms with Gasteiger partial charge in [-0.1, -0.05) is 12.1 Å². The van der Waals surface area contributed by atoms with E-state index in [1.807, 2.05) is 25.8 Å². The molecule has 0 atom stereocenters. The molecule has 1 aromatic carbocycles. The first-order valence-corrected chi connectivity index (χ1v) is 10.6. The smallest absolute Gasteiger partial charge is 0.240 e. The Morgan fingerprint density at radius 1 is 1.31 bits per heavy atom. The number of hydrogen-bond donors (Lipinski definition) is 2. The predicted octanol–water partition coefficient (Wildman–Crippen LogP) is 1.96. The van der Waals surface area contributed by atoms with Crippen LogP contribution in [0.4, 0.5) is 0 Å². The zero-order chi connectivity index (χ0) is 19.2. The van der Waals surface area contributed by atoms with Gasteiger partial charge in [0.25, 0.3) is 0 Å². The zero-order valence-corrected chi connectivity index (χ0v) is 17.1. The number of aliphatic imine (C=N–C) groups is 1. The summed E-state index contributed by atoms with van der Waals surface area (Å²) in [5.41, 5.74) is 1.95.